The lowest BCUT2D eigenvalue weighted by atomic mass is 9.85. The second kappa shape index (κ2) is 10.5. The van der Waals surface area contributed by atoms with Crippen molar-refractivity contribution in [2.45, 2.75) is 32.6 Å². The van der Waals surface area contributed by atoms with Gasteiger partial charge in [-0.05, 0) is 38.3 Å². The topological polar surface area (TPSA) is 84.0 Å². The Morgan fingerprint density at radius 1 is 1.23 bits per heavy atom. The molecule has 1 amide bonds. The van der Waals surface area contributed by atoms with E-state index in [0.29, 0.717) is 30.6 Å². The van der Waals surface area contributed by atoms with Crippen LogP contribution in [0.15, 0.2) is 23.2 Å². The molecule has 1 aromatic carbocycles. The van der Waals surface area contributed by atoms with Crippen LogP contribution in [0, 0.1) is 5.92 Å². The molecule has 7 nitrogen and oxygen atoms in total. The third kappa shape index (κ3) is 5.82. The lowest BCUT2D eigenvalue weighted by Gasteiger charge is -2.24. The minimum Gasteiger partial charge on any atom is -0.493 e. The van der Waals surface area contributed by atoms with E-state index in [0.717, 1.165) is 31.5 Å². The normalized spacial score (nSPS) is 14.3. The summed E-state index contributed by atoms with van der Waals surface area (Å²) in [6.45, 7) is 3.92. The summed E-state index contributed by atoms with van der Waals surface area (Å²) >= 11 is 0. The van der Waals surface area contributed by atoms with Gasteiger partial charge in [-0.2, -0.15) is 0 Å². The van der Waals surface area contributed by atoms with E-state index in [1.807, 2.05) is 25.1 Å². The van der Waals surface area contributed by atoms with Crippen LogP contribution >= 0.6 is 0 Å². The van der Waals surface area contributed by atoms with E-state index in [1.54, 1.807) is 14.2 Å². The zero-order chi connectivity index (χ0) is 18.8. The van der Waals surface area contributed by atoms with Gasteiger partial charge in [-0.1, -0.05) is 6.42 Å². The molecule has 0 radical (unpaired) electrons. The number of nitrogens with zero attached hydrogens (tertiary/aromatic N) is 1. The van der Waals surface area contributed by atoms with Gasteiger partial charge in [0, 0.05) is 37.8 Å². The molecular weight excluding hydrogens is 332 g/mol. The molecule has 0 heterocycles. The summed E-state index contributed by atoms with van der Waals surface area (Å²) in [5.74, 6) is 2.49. The lowest BCUT2D eigenvalue weighted by Crippen LogP contribution is -2.37. The van der Waals surface area contributed by atoms with Crippen LogP contribution in [0.5, 0.6) is 11.5 Å². The van der Waals surface area contributed by atoms with Crippen molar-refractivity contribution in [1.82, 2.24) is 10.6 Å². The summed E-state index contributed by atoms with van der Waals surface area (Å²) in [6, 6.07) is 5.66. The van der Waals surface area contributed by atoms with Gasteiger partial charge in [0.15, 0.2) is 17.5 Å². The smallest absolute Gasteiger partial charge is 0.223 e. The second-order valence-corrected chi connectivity index (χ2v) is 6.20. The molecule has 7 heteroatoms. The highest BCUT2D eigenvalue weighted by Crippen LogP contribution is 2.30. The lowest BCUT2D eigenvalue weighted by molar-refractivity contribution is -0.127. The van der Waals surface area contributed by atoms with Crippen molar-refractivity contribution < 1.29 is 14.3 Å². The van der Waals surface area contributed by atoms with E-state index in [-0.39, 0.29) is 11.8 Å². The molecule has 2 rings (SSSR count). The van der Waals surface area contributed by atoms with Gasteiger partial charge < -0.3 is 25.4 Å². The zero-order valence-corrected chi connectivity index (χ0v) is 15.9. The van der Waals surface area contributed by atoms with Crippen molar-refractivity contribution in [3.63, 3.8) is 0 Å². The van der Waals surface area contributed by atoms with Gasteiger partial charge in [-0.3, -0.25) is 9.79 Å². The number of aliphatic imine (C=N–C) groups is 1. The number of methoxy groups -OCH3 is 1. The Kier molecular flexibility index (Phi) is 8.05. The van der Waals surface area contributed by atoms with E-state index in [4.69, 9.17) is 9.47 Å². The third-order valence-electron chi connectivity index (χ3n) is 4.37. The van der Waals surface area contributed by atoms with Crippen LogP contribution in [0.25, 0.3) is 0 Å². The largest absolute Gasteiger partial charge is 0.493 e. The monoisotopic (exact) mass is 362 g/mol. The van der Waals surface area contributed by atoms with E-state index >= 15 is 0 Å². The fourth-order valence-corrected chi connectivity index (χ4v) is 2.66. The number of carbonyl (C=O) groups excluding carboxylic acids is 1. The molecule has 1 saturated carbocycles. The number of ether oxygens (including phenoxy) is 2. The summed E-state index contributed by atoms with van der Waals surface area (Å²) in [7, 11) is 3.34. The summed E-state index contributed by atoms with van der Waals surface area (Å²) in [5.41, 5.74) is 0.858. The van der Waals surface area contributed by atoms with Crippen molar-refractivity contribution in [3.05, 3.63) is 18.2 Å². The van der Waals surface area contributed by atoms with Crippen LogP contribution in [0.3, 0.4) is 0 Å². The van der Waals surface area contributed by atoms with Gasteiger partial charge in [0.05, 0.1) is 13.7 Å². The summed E-state index contributed by atoms with van der Waals surface area (Å²) < 4.78 is 10.9. The van der Waals surface area contributed by atoms with Crippen molar-refractivity contribution in [2.24, 2.45) is 10.9 Å². The molecule has 0 spiro atoms. The maximum Gasteiger partial charge on any atom is 0.223 e. The van der Waals surface area contributed by atoms with Gasteiger partial charge in [0.2, 0.25) is 5.91 Å². The summed E-state index contributed by atoms with van der Waals surface area (Å²) in [6.07, 6.45) is 4.09. The van der Waals surface area contributed by atoms with E-state index < -0.39 is 0 Å². The Labute approximate surface area is 155 Å². The van der Waals surface area contributed by atoms with Crippen molar-refractivity contribution in [1.29, 1.82) is 0 Å². The highest BCUT2D eigenvalue weighted by atomic mass is 16.5. The molecule has 0 bridgehead atoms. The van der Waals surface area contributed by atoms with Gasteiger partial charge in [-0.15, -0.1) is 0 Å². The first-order valence-corrected chi connectivity index (χ1v) is 9.24. The maximum atomic E-state index is 11.8. The SMILES string of the molecule is CCOc1ccc(NC(=NC)NCCCNC(=O)C2CCC2)cc1OC. The Morgan fingerprint density at radius 3 is 2.62 bits per heavy atom. The highest BCUT2D eigenvalue weighted by molar-refractivity contribution is 5.93. The number of guanidine groups is 1. The minimum absolute atomic E-state index is 0.195. The molecule has 26 heavy (non-hydrogen) atoms. The number of amides is 1. The summed E-state index contributed by atoms with van der Waals surface area (Å²) in [5, 5.41) is 9.46. The van der Waals surface area contributed by atoms with Crippen LogP contribution in [-0.4, -0.2) is 45.7 Å². The van der Waals surface area contributed by atoms with Gasteiger partial charge >= 0.3 is 0 Å². The number of anilines is 1. The number of carbonyl (C=O) groups is 1. The van der Waals surface area contributed by atoms with Crippen molar-refractivity contribution >= 4 is 17.6 Å². The second-order valence-electron chi connectivity index (χ2n) is 6.20. The Hall–Kier alpha value is -2.44. The van der Waals surface area contributed by atoms with Crippen LogP contribution < -0.4 is 25.4 Å². The van der Waals surface area contributed by atoms with Gasteiger partial charge in [0.1, 0.15) is 0 Å². The zero-order valence-electron chi connectivity index (χ0n) is 15.9. The molecule has 144 valence electrons. The molecule has 0 aliphatic heterocycles. The molecular formula is C19H30N4O3. The molecule has 1 fully saturated rings. The third-order valence-corrected chi connectivity index (χ3v) is 4.37. The number of hydrogen-bond donors (Lipinski definition) is 3. The van der Waals surface area contributed by atoms with E-state index in [1.165, 1.54) is 6.42 Å². The molecule has 0 unspecified atom stereocenters. The molecule has 1 aromatic rings. The molecule has 3 N–H and O–H groups in total. The summed E-state index contributed by atoms with van der Waals surface area (Å²) in [4.78, 5) is 16.0. The van der Waals surface area contributed by atoms with E-state index in [2.05, 4.69) is 20.9 Å². The number of hydrogen-bond acceptors (Lipinski definition) is 4. The van der Waals surface area contributed by atoms with Crippen molar-refractivity contribution in [2.75, 3.05) is 39.2 Å². The van der Waals surface area contributed by atoms with Crippen LogP contribution in [-0.2, 0) is 4.79 Å². The fraction of sp³-hybridized carbons (Fsp3) is 0.579. The number of rotatable bonds is 9. The maximum absolute atomic E-state index is 11.8. The first-order valence-electron chi connectivity index (χ1n) is 9.24. The average Bonchev–Trinajstić information content (AvgIpc) is 2.60. The molecule has 1 aliphatic rings. The average molecular weight is 362 g/mol. The molecule has 0 atom stereocenters. The predicted molar refractivity (Wildman–Crippen MR) is 104 cm³/mol. The molecule has 0 aromatic heterocycles. The predicted octanol–water partition coefficient (Wildman–Crippen LogP) is 2.39. The Bertz CT molecular complexity index is 615. The minimum atomic E-state index is 0.195. The van der Waals surface area contributed by atoms with Crippen LogP contribution in [0.1, 0.15) is 32.6 Å². The first kappa shape index (κ1) is 19.9. The Morgan fingerprint density at radius 2 is 2.00 bits per heavy atom. The Balaban J connectivity index is 1.73. The van der Waals surface area contributed by atoms with Gasteiger partial charge in [0.25, 0.3) is 0 Å². The standard InChI is InChI=1S/C19H30N4O3/c1-4-26-16-10-9-15(13-17(16)25-3)23-19(20-2)22-12-6-11-21-18(24)14-7-5-8-14/h9-10,13-14H,4-8,11-12H2,1-3H3,(H,21,24)(H2,20,22,23). The van der Waals surface area contributed by atoms with Crippen LogP contribution in [0.2, 0.25) is 0 Å². The van der Waals surface area contributed by atoms with Crippen LogP contribution in [0.4, 0.5) is 5.69 Å². The molecule has 0 saturated heterocycles. The van der Waals surface area contributed by atoms with Gasteiger partial charge in [-0.25, -0.2) is 0 Å². The van der Waals surface area contributed by atoms with E-state index in [9.17, 15) is 4.79 Å². The fourth-order valence-electron chi connectivity index (χ4n) is 2.66. The number of benzene rings is 1. The molecule has 1 aliphatic carbocycles. The number of nitrogens with one attached hydrogen (secondary N) is 3. The quantitative estimate of drug-likeness (QED) is 0.357. The first-order chi connectivity index (χ1) is 12.7. The van der Waals surface area contributed by atoms with Crippen molar-refractivity contribution in [3.8, 4) is 11.5 Å². The highest BCUT2D eigenvalue weighted by Gasteiger charge is 2.24.